The summed E-state index contributed by atoms with van der Waals surface area (Å²) in [4.78, 5) is 16.6. The average Bonchev–Trinajstić information content (AvgIpc) is 2.97. The van der Waals surface area contributed by atoms with Gasteiger partial charge in [0.05, 0.1) is 0 Å². The molecular weight excluding hydrogens is 347 g/mol. The Morgan fingerprint density at radius 2 is 1.96 bits per heavy atom. The number of hydrogen-bond acceptors (Lipinski definition) is 3. The first-order chi connectivity index (χ1) is 12.4. The van der Waals surface area contributed by atoms with Crippen LogP contribution >= 0.6 is 0 Å². The van der Waals surface area contributed by atoms with E-state index < -0.39 is 40.7 Å². The van der Waals surface area contributed by atoms with Crippen LogP contribution in [0.4, 0.5) is 13.2 Å². The number of carbonyl (C=O) groups is 1. The van der Waals surface area contributed by atoms with Crippen molar-refractivity contribution >= 4 is 5.91 Å². The number of hydrogen-bond donors (Lipinski definition) is 2. The quantitative estimate of drug-likeness (QED) is 0.751. The maximum Gasteiger partial charge on any atom is 0.258 e. The maximum absolute atomic E-state index is 14.0. The fourth-order valence-corrected chi connectivity index (χ4v) is 2.63. The molecule has 134 valence electrons. The molecule has 0 bridgehead atoms. The molecule has 0 radical (unpaired) electrons. The molecule has 0 fully saturated rings. The van der Waals surface area contributed by atoms with Gasteiger partial charge in [0.15, 0.2) is 0 Å². The van der Waals surface area contributed by atoms with Crippen LogP contribution in [-0.4, -0.2) is 20.6 Å². The minimum absolute atomic E-state index is 0.367. The molecule has 0 aliphatic heterocycles. The Hall–Kier alpha value is -3.29. The van der Waals surface area contributed by atoms with E-state index >= 15 is 0 Å². The van der Waals surface area contributed by atoms with Crippen molar-refractivity contribution < 1.29 is 23.1 Å². The third-order valence-electron chi connectivity index (χ3n) is 3.84. The van der Waals surface area contributed by atoms with Crippen LogP contribution in [0.2, 0.25) is 0 Å². The van der Waals surface area contributed by atoms with Crippen molar-refractivity contribution in [3.05, 3.63) is 83.2 Å². The number of phenolic OH excluding ortho intramolecular Hbond substituents is 1. The van der Waals surface area contributed by atoms with E-state index in [1.54, 1.807) is 23.9 Å². The van der Waals surface area contributed by atoms with Gasteiger partial charge >= 0.3 is 0 Å². The van der Waals surface area contributed by atoms with Crippen LogP contribution in [0.25, 0.3) is 0 Å². The number of carbonyl (C=O) groups excluding carboxylic acids is 1. The van der Waals surface area contributed by atoms with Crippen molar-refractivity contribution in [3.63, 3.8) is 0 Å². The Bertz CT molecular complexity index is 949. The number of nitrogens with one attached hydrogen (secondary N) is 1. The predicted molar refractivity (Wildman–Crippen MR) is 86.9 cm³/mol. The normalized spacial score (nSPS) is 12.0. The Morgan fingerprint density at radius 1 is 1.19 bits per heavy atom. The van der Waals surface area contributed by atoms with Gasteiger partial charge in [-0.1, -0.05) is 12.1 Å². The van der Waals surface area contributed by atoms with E-state index in [1.807, 2.05) is 0 Å². The summed E-state index contributed by atoms with van der Waals surface area (Å²) in [6.45, 7) is 0. The summed E-state index contributed by atoms with van der Waals surface area (Å²) in [5.74, 6) is -4.20. The number of aromatic hydroxyl groups is 1. The summed E-state index contributed by atoms with van der Waals surface area (Å²) < 4.78 is 42.3. The first-order valence-electron chi connectivity index (χ1n) is 7.58. The summed E-state index contributed by atoms with van der Waals surface area (Å²) in [6, 6.07) is 5.70. The second kappa shape index (κ2) is 6.91. The smallest absolute Gasteiger partial charge is 0.258 e. The minimum atomic E-state index is -1.21. The van der Waals surface area contributed by atoms with Crippen molar-refractivity contribution in [1.82, 2.24) is 14.9 Å². The standard InChI is InChI=1S/C18H14F3N3O2/c1-24-6-5-22-17(24)16(10-3-2-4-11(19)7-10)23-18(26)15-13(21)8-12(20)9-14(15)25/h2-9,16,25H,1H3,(H,23,26)/t16-/m1/s1. The molecule has 0 spiro atoms. The first kappa shape index (κ1) is 17.5. The molecule has 8 heteroatoms. The van der Waals surface area contributed by atoms with Gasteiger partial charge in [0.1, 0.15) is 40.6 Å². The number of nitrogens with zero attached hydrogens (tertiary/aromatic N) is 2. The highest BCUT2D eigenvalue weighted by Crippen LogP contribution is 2.25. The molecule has 0 aliphatic rings. The zero-order chi connectivity index (χ0) is 18.8. The fourth-order valence-electron chi connectivity index (χ4n) is 2.63. The second-order valence-corrected chi connectivity index (χ2v) is 5.64. The van der Waals surface area contributed by atoms with E-state index in [0.717, 1.165) is 0 Å². The van der Waals surface area contributed by atoms with Crippen LogP contribution in [-0.2, 0) is 7.05 Å². The lowest BCUT2D eigenvalue weighted by molar-refractivity contribution is 0.0934. The first-order valence-corrected chi connectivity index (χ1v) is 7.58. The van der Waals surface area contributed by atoms with Gasteiger partial charge in [-0.15, -0.1) is 0 Å². The third-order valence-corrected chi connectivity index (χ3v) is 3.84. The lowest BCUT2D eigenvalue weighted by Gasteiger charge is -2.20. The number of imidazole rings is 1. The van der Waals surface area contributed by atoms with Crippen molar-refractivity contribution in [3.8, 4) is 5.75 Å². The van der Waals surface area contributed by atoms with Gasteiger partial charge in [0.2, 0.25) is 0 Å². The summed E-state index contributed by atoms with van der Waals surface area (Å²) in [5, 5.41) is 12.2. The Balaban J connectivity index is 2.02. The van der Waals surface area contributed by atoms with Gasteiger partial charge in [-0.3, -0.25) is 4.79 Å². The number of aryl methyl sites for hydroxylation is 1. The van der Waals surface area contributed by atoms with Gasteiger partial charge in [0.25, 0.3) is 5.91 Å². The Labute approximate surface area is 146 Å². The summed E-state index contributed by atoms with van der Waals surface area (Å²) in [7, 11) is 1.68. The molecule has 0 unspecified atom stereocenters. The third kappa shape index (κ3) is 3.39. The molecule has 3 rings (SSSR count). The second-order valence-electron chi connectivity index (χ2n) is 5.64. The van der Waals surface area contributed by atoms with Crippen molar-refractivity contribution in [2.24, 2.45) is 7.05 Å². The molecule has 2 N–H and O–H groups in total. The van der Waals surface area contributed by atoms with Crippen LogP contribution in [0, 0.1) is 17.5 Å². The fraction of sp³-hybridized carbons (Fsp3) is 0.111. The van der Waals surface area contributed by atoms with Gasteiger partial charge in [-0.2, -0.15) is 0 Å². The van der Waals surface area contributed by atoms with Gasteiger partial charge in [-0.25, -0.2) is 18.2 Å². The highest BCUT2D eigenvalue weighted by Gasteiger charge is 2.25. The number of benzene rings is 2. The topological polar surface area (TPSA) is 67.2 Å². The molecule has 1 aromatic heterocycles. The molecule has 2 aromatic carbocycles. The summed E-state index contributed by atoms with van der Waals surface area (Å²) in [6.07, 6.45) is 3.12. The van der Waals surface area contributed by atoms with E-state index in [9.17, 15) is 23.1 Å². The van der Waals surface area contributed by atoms with Gasteiger partial charge < -0.3 is 15.0 Å². The molecule has 26 heavy (non-hydrogen) atoms. The summed E-state index contributed by atoms with van der Waals surface area (Å²) >= 11 is 0. The van der Waals surface area contributed by atoms with E-state index in [2.05, 4.69) is 10.3 Å². The molecule has 1 heterocycles. The van der Waals surface area contributed by atoms with Crippen LogP contribution in [0.3, 0.4) is 0 Å². The van der Waals surface area contributed by atoms with Crippen LogP contribution in [0.15, 0.2) is 48.8 Å². The van der Waals surface area contributed by atoms with Crippen molar-refractivity contribution in [2.75, 3.05) is 0 Å². The molecular formula is C18H14F3N3O2. The van der Waals surface area contributed by atoms with Crippen molar-refractivity contribution in [1.29, 1.82) is 0 Å². The van der Waals surface area contributed by atoms with Crippen molar-refractivity contribution in [2.45, 2.75) is 6.04 Å². The zero-order valence-electron chi connectivity index (χ0n) is 13.6. The monoisotopic (exact) mass is 361 g/mol. The molecule has 0 saturated heterocycles. The highest BCUT2D eigenvalue weighted by molar-refractivity contribution is 5.97. The van der Waals surface area contributed by atoms with Crippen LogP contribution in [0.1, 0.15) is 27.8 Å². The van der Waals surface area contributed by atoms with E-state index in [0.29, 0.717) is 23.5 Å². The molecule has 5 nitrogen and oxygen atoms in total. The largest absolute Gasteiger partial charge is 0.507 e. The van der Waals surface area contributed by atoms with E-state index in [-0.39, 0.29) is 0 Å². The molecule has 3 aromatic rings. The Morgan fingerprint density at radius 3 is 2.58 bits per heavy atom. The average molecular weight is 361 g/mol. The van der Waals surface area contributed by atoms with Crippen LogP contribution in [0.5, 0.6) is 5.75 Å². The van der Waals surface area contributed by atoms with Gasteiger partial charge in [-0.05, 0) is 17.7 Å². The number of aromatic nitrogens is 2. The van der Waals surface area contributed by atoms with Gasteiger partial charge in [0, 0.05) is 31.6 Å². The number of rotatable bonds is 4. The number of halogens is 3. The molecule has 1 amide bonds. The molecule has 1 atom stereocenters. The number of amides is 1. The maximum atomic E-state index is 14.0. The predicted octanol–water partition coefficient (Wildman–Crippen LogP) is 3.06. The molecule has 0 aliphatic carbocycles. The lowest BCUT2D eigenvalue weighted by atomic mass is 10.0. The van der Waals surface area contributed by atoms with Crippen LogP contribution < -0.4 is 5.32 Å². The Kier molecular flexibility index (Phi) is 4.66. The molecule has 0 saturated carbocycles. The lowest BCUT2D eigenvalue weighted by Crippen LogP contribution is -2.31. The summed E-state index contributed by atoms with van der Waals surface area (Å²) in [5.41, 5.74) is -0.336. The van der Waals surface area contributed by atoms with E-state index in [1.165, 1.54) is 24.4 Å². The zero-order valence-corrected chi connectivity index (χ0v) is 13.6. The highest BCUT2D eigenvalue weighted by atomic mass is 19.1. The van der Waals surface area contributed by atoms with E-state index in [4.69, 9.17) is 0 Å². The minimum Gasteiger partial charge on any atom is -0.507 e. The SMILES string of the molecule is Cn1ccnc1[C@H](NC(=O)c1c(O)cc(F)cc1F)c1cccc(F)c1. The number of phenols is 1.